The summed E-state index contributed by atoms with van der Waals surface area (Å²) in [5.74, 6) is 0. The Labute approximate surface area is 97.6 Å². The maximum atomic E-state index is 4.24. The molecule has 3 unspecified atom stereocenters. The summed E-state index contributed by atoms with van der Waals surface area (Å²) < 4.78 is 1.88. The van der Waals surface area contributed by atoms with E-state index in [1.165, 1.54) is 5.56 Å². The summed E-state index contributed by atoms with van der Waals surface area (Å²) in [7, 11) is 1.97. The molecule has 1 saturated heterocycles. The zero-order valence-corrected chi connectivity index (χ0v) is 10.6. The maximum Gasteiger partial charge on any atom is 0.0537 e. The highest BCUT2D eigenvalue weighted by atomic mass is 15.3. The average molecular weight is 222 g/mol. The van der Waals surface area contributed by atoms with Crippen molar-refractivity contribution in [2.24, 2.45) is 7.05 Å². The van der Waals surface area contributed by atoms with E-state index in [0.29, 0.717) is 18.1 Å². The highest BCUT2D eigenvalue weighted by Gasteiger charge is 2.25. The second kappa shape index (κ2) is 4.55. The molecule has 1 aromatic rings. The molecule has 0 radical (unpaired) electrons. The largest absolute Gasteiger partial charge is 0.309 e. The summed E-state index contributed by atoms with van der Waals surface area (Å²) in [6, 6.07) is 1.60. The second-order valence-corrected chi connectivity index (χ2v) is 5.05. The third-order valence-electron chi connectivity index (χ3n) is 3.34. The van der Waals surface area contributed by atoms with Crippen LogP contribution in [0.15, 0.2) is 12.4 Å². The Morgan fingerprint density at radius 3 is 2.50 bits per heavy atom. The van der Waals surface area contributed by atoms with Crippen molar-refractivity contribution in [1.29, 1.82) is 0 Å². The summed E-state index contributed by atoms with van der Waals surface area (Å²) in [5.41, 5.74) is 1.31. The van der Waals surface area contributed by atoms with Crippen LogP contribution in [-0.2, 0) is 7.05 Å². The van der Waals surface area contributed by atoms with Gasteiger partial charge in [0, 0.05) is 50.0 Å². The van der Waals surface area contributed by atoms with Crippen molar-refractivity contribution in [3.63, 3.8) is 0 Å². The highest BCUT2D eigenvalue weighted by Crippen LogP contribution is 2.21. The minimum atomic E-state index is 0.459. The lowest BCUT2D eigenvalue weighted by Crippen LogP contribution is -2.54. The molecule has 1 aliphatic rings. The van der Waals surface area contributed by atoms with Crippen LogP contribution in [0.4, 0.5) is 0 Å². The van der Waals surface area contributed by atoms with Gasteiger partial charge in [0.05, 0.1) is 6.20 Å². The van der Waals surface area contributed by atoms with Crippen molar-refractivity contribution < 1.29 is 0 Å². The SMILES string of the molecule is CC1CN(C(C)c2cnn(C)c2)CC(C)N1. The molecule has 0 saturated carbocycles. The summed E-state index contributed by atoms with van der Waals surface area (Å²) in [4.78, 5) is 2.53. The van der Waals surface area contributed by atoms with Gasteiger partial charge in [-0.05, 0) is 20.8 Å². The van der Waals surface area contributed by atoms with Gasteiger partial charge in [-0.1, -0.05) is 0 Å². The summed E-state index contributed by atoms with van der Waals surface area (Å²) in [6.07, 6.45) is 4.09. The van der Waals surface area contributed by atoms with Gasteiger partial charge >= 0.3 is 0 Å². The molecular weight excluding hydrogens is 200 g/mol. The Morgan fingerprint density at radius 2 is 2.00 bits per heavy atom. The van der Waals surface area contributed by atoms with Gasteiger partial charge in [-0.15, -0.1) is 0 Å². The van der Waals surface area contributed by atoms with Crippen LogP contribution in [0.1, 0.15) is 32.4 Å². The van der Waals surface area contributed by atoms with Crippen molar-refractivity contribution in [1.82, 2.24) is 20.0 Å². The molecule has 2 heterocycles. The number of nitrogens with zero attached hydrogens (tertiary/aromatic N) is 3. The molecule has 3 atom stereocenters. The third kappa shape index (κ3) is 2.44. The number of hydrogen-bond acceptors (Lipinski definition) is 3. The van der Waals surface area contributed by atoms with Gasteiger partial charge in [-0.3, -0.25) is 9.58 Å². The smallest absolute Gasteiger partial charge is 0.0537 e. The molecule has 0 aromatic carbocycles. The van der Waals surface area contributed by atoms with Gasteiger partial charge in [0.25, 0.3) is 0 Å². The number of aromatic nitrogens is 2. The lowest BCUT2D eigenvalue weighted by Gasteiger charge is -2.39. The first-order valence-electron chi connectivity index (χ1n) is 6.05. The molecule has 16 heavy (non-hydrogen) atoms. The van der Waals surface area contributed by atoms with Crippen LogP contribution in [0.2, 0.25) is 0 Å². The molecule has 4 heteroatoms. The van der Waals surface area contributed by atoms with Crippen LogP contribution < -0.4 is 5.32 Å². The molecule has 1 fully saturated rings. The van der Waals surface area contributed by atoms with Crippen LogP contribution in [0.5, 0.6) is 0 Å². The molecule has 2 rings (SSSR count). The fourth-order valence-corrected chi connectivity index (χ4v) is 2.55. The van der Waals surface area contributed by atoms with Crippen molar-refractivity contribution in [2.45, 2.75) is 38.9 Å². The van der Waals surface area contributed by atoms with Gasteiger partial charge in [-0.25, -0.2) is 0 Å². The van der Waals surface area contributed by atoms with Crippen molar-refractivity contribution in [3.8, 4) is 0 Å². The van der Waals surface area contributed by atoms with Crippen LogP contribution >= 0.6 is 0 Å². The van der Waals surface area contributed by atoms with Crippen LogP contribution in [0.25, 0.3) is 0 Å². The van der Waals surface area contributed by atoms with Crippen molar-refractivity contribution in [3.05, 3.63) is 18.0 Å². The number of hydrogen-bond donors (Lipinski definition) is 1. The number of aryl methyl sites for hydroxylation is 1. The van der Waals surface area contributed by atoms with Crippen LogP contribution in [-0.4, -0.2) is 39.9 Å². The van der Waals surface area contributed by atoms with E-state index in [9.17, 15) is 0 Å². The molecule has 1 N–H and O–H groups in total. The number of piperazine rings is 1. The standard InChI is InChI=1S/C12H22N4/c1-9-6-16(7-10(2)14-9)11(3)12-5-13-15(4)8-12/h5,8-11,14H,6-7H2,1-4H3. The monoisotopic (exact) mass is 222 g/mol. The molecular formula is C12H22N4. The van der Waals surface area contributed by atoms with Gasteiger partial charge in [0.1, 0.15) is 0 Å². The topological polar surface area (TPSA) is 33.1 Å². The van der Waals surface area contributed by atoms with E-state index in [1.54, 1.807) is 0 Å². The molecule has 0 aliphatic carbocycles. The van der Waals surface area contributed by atoms with Gasteiger partial charge < -0.3 is 5.32 Å². The predicted molar refractivity (Wildman–Crippen MR) is 65.3 cm³/mol. The minimum absolute atomic E-state index is 0.459. The molecule has 0 bridgehead atoms. The first kappa shape index (κ1) is 11.6. The Balaban J connectivity index is 2.06. The Bertz CT molecular complexity index is 337. The fourth-order valence-electron chi connectivity index (χ4n) is 2.55. The highest BCUT2D eigenvalue weighted by molar-refractivity contribution is 5.10. The van der Waals surface area contributed by atoms with Gasteiger partial charge in [0.15, 0.2) is 0 Å². The van der Waals surface area contributed by atoms with Crippen LogP contribution in [0, 0.1) is 0 Å². The molecule has 4 nitrogen and oxygen atoms in total. The normalized spacial score (nSPS) is 29.2. The zero-order chi connectivity index (χ0) is 11.7. The van der Waals surface area contributed by atoms with Gasteiger partial charge in [-0.2, -0.15) is 5.10 Å². The van der Waals surface area contributed by atoms with E-state index >= 15 is 0 Å². The first-order chi connectivity index (χ1) is 7.56. The minimum Gasteiger partial charge on any atom is -0.309 e. The summed E-state index contributed by atoms with van der Waals surface area (Å²) in [6.45, 7) is 8.99. The second-order valence-electron chi connectivity index (χ2n) is 5.05. The Morgan fingerprint density at radius 1 is 1.38 bits per heavy atom. The molecule has 0 spiro atoms. The van der Waals surface area contributed by atoms with Crippen molar-refractivity contribution in [2.75, 3.05) is 13.1 Å². The van der Waals surface area contributed by atoms with Gasteiger partial charge in [0.2, 0.25) is 0 Å². The quantitative estimate of drug-likeness (QED) is 0.815. The predicted octanol–water partition coefficient (Wildman–Crippen LogP) is 1.16. The van der Waals surface area contributed by atoms with E-state index in [2.05, 4.69) is 42.3 Å². The molecule has 90 valence electrons. The fraction of sp³-hybridized carbons (Fsp3) is 0.750. The molecule has 0 amide bonds. The third-order valence-corrected chi connectivity index (χ3v) is 3.34. The Hall–Kier alpha value is -0.870. The lowest BCUT2D eigenvalue weighted by atomic mass is 10.1. The lowest BCUT2D eigenvalue weighted by molar-refractivity contribution is 0.131. The molecule has 1 aromatic heterocycles. The van der Waals surface area contributed by atoms with E-state index in [4.69, 9.17) is 0 Å². The maximum absolute atomic E-state index is 4.24. The molecule has 1 aliphatic heterocycles. The first-order valence-corrected chi connectivity index (χ1v) is 6.05. The van der Waals surface area contributed by atoms with Crippen molar-refractivity contribution >= 4 is 0 Å². The summed E-state index contributed by atoms with van der Waals surface area (Å²) >= 11 is 0. The number of nitrogens with one attached hydrogen (secondary N) is 1. The number of rotatable bonds is 2. The van der Waals surface area contributed by atoms with Crippen LogP contribution in [0.3, 0.4) is 0 Å². The van der Waals surface area contributed by atoms with E-state index in [-0.39, 0.29) is 0 Å². The average Bonchev–Trinajstić information content (AvgIpc) is 2.62. The van der Waals surface area contributed by atoms with E-state index in [1.807, 2.05) is 17.9 Å². The summed E-state index contributed by atoms with van der Waals surface area (Å²) in [5, 5.41) is 7.80. The Kier molecular flexibility index (Phi) is 3.30. The zero-order valence-electron chi connectivity index (χ0n) is 10.6. The van der Waals surface area contributed by atoms with E-state index < -0.39 is 0 Å². The van der Waals surface area contributed by atoms with E-state index in [0.717, 1.165) is 13.1 Å².